The first-order valence-electron chi connectivity index (χ1n) is 11.1. The molecule has 0 radical (unpaired) electrons. The third-order valence-corrected chi connectivity index (χ3v) is 6.24. The van der Waals surface area contributed by atoms with E-state index < -0.39 is 5.82 Å². The highest BCUT2D eigenvalue weighted by molar-refractivity contribution is 7.14. The Morgan fingerprint density at radius 1 is 0.971 bits per heavy atom. The Kier molecular flexibility index (Phi) is 7.48. The molecule has 1 atom stereocenters. The number of aromatic nitrogens is 1. The monoisotopic (exact) mass is 485 g/mol. The van der Waals surface area contributed by atoms with E-state index in [1.807, 2.05) is 49.4 Å². The van der Waals surface area contributed by atoms with Gasteiger partial charge in [-0.05, 0) is 41.8 Å². The molecule has 0 fully saturated rings. The molecule has 4 aromatic rings. The van der Waals surface area contributed by atoms with Crippen molar-refractivity contribution in [1.29, 1.82) is 0 Å². The summed E-state index contributed by atoms with van der Waals surface area (Å²) >= 11 is 1.20. The molecule has 1 heterocycles. The molecule has 3 aromatic carbocycles. The molecule has 0 aliphatic rings. The lowest BCUT2D eigenvalue weighted by Crippen LogP contribution is -2.24. The summed E-state index contributed by atoms with van der Waals surface area (Å²) in [5.74, 6) is -1.14. The summed E-state index contributed by atoms with van der Waals surface area (Å²) in [6.45, 7) is 3.27. The van der Waals surface area contributed by atoms with Gasteiger partial charge in [-0.3, -0.25) is 14.5 Å². The Labute approximate surface area is 207 Å². The Balaban J connectivity index is 1.40. The topological polar surface area (TPSA) is 62.3 Å². The van der Waals surface area contributed by atoms with E-state index >= 15 is 0 Å². The predicted molar refractivity (Wildman–Crippen MR) is 139 cm³/mol. The average molecular weight is 486 g/mol. The van der Waals surface area contributed by atoms with Crippen LogP contribution in [0.4, 0.5) is 15.2 Å². The number of carbonyl (C=O) groups is 2. The smallest absolute Gasteiger partial charge is 0.244 e. The number of nitrogens with one attached hydrogen (secondary N) is 1. The van der Waals surface area contributed by atoms with Crippen molar-refractivity contribution in [3.05, 3.63) is 107 Å². The largest absolute Gasteiger partial charge is 0.346 e. The number of anilines is 2. The van der Waals surface area contributed by atoms with E-state index in [1.54, 1.807) is 23.6 Å². The minimum absolute atomic E-state index is 0.134. The van der Waals surface area contributed by atoms with Gasteiger partial charge in [0.05, 0.1) is 17.4 Å². The molecule has 0 aliphatic heterocycles. The number of thiazole rings is 1. The van der Waals surface area contributed by atoms with Crippen LogP contribution in [0.2, 0.25) is 0 Å². The average Bonchev–Trinajstić information content (AvgIpc) is 3.33. The number of halogens is 1. The minimum atomic E-state index is -0.514. The molecule has 0 saturated heterocycles. The predicted octanol–water partition coefficient (Wildman–Crippen LogP) is 6.52. The van der Waals surface area contributed by atoms with Crippen molar-refractivity contribution >= 4 is 40.0 Å². The van der Waals surface area contributed by atoms with Gasteiger partial charge in [0.25, 0.3) is 0 Å². The van der Waals surface area contributed by atoms with Crippen LogP contribution in [-0.4, -0.2) is 16.8 Å². The summed E-state index contributed by atoms with van der Waals surface area (Å²) in [6.07, 6.45) is 2.97. The molecule has 0 spiro atoms. The van der Waals surface area contributed by atoms with E-state index in [4.69, 9.17) is 0 Å². The van der Waals surface area contributed by atoms with E-state index in [9.17, 15) is 14.0 Å². The standard InChI is InChI=1S/C28H24FN3O2S/c1-19(21-12-14-23(15-13-21)22-8-4-3-5-9-22)30-27(34)17-16-24-18-35-28(31-24)32(20(2)33)26-11-7-6-10-25(26)29/h3-19H,1-2H3,(H,30,34)/b17-16+. The number of carbonyl (C=O) groups excluding carboxylic acids is 2. The van der Waals surface area contributed by atoms with E-state index in [0.717, 1.165) is 16.7 Å². The van der Waals surface area contributed by atoms with Gasteiger partial charge in [-0.1, -0.05) is 66.7 Å². The van der Waals surface area contributed by atoms with Crippen molar-refractivity contribution in [3.8, 4) is 11.1 Å². The molecule has 2 amide bonds. The first kappa shape index (κ1) is 24.0. The normalized spacial score (nSPS) is 11.9. The lowest BCUT2D eigenvalue weighted by atomic mass is 10.0. The SMILES string of the molecule is CC(=O)N(c1nc(/C=C/C(=O)NC(C)c2ccc(-c3ccccc3)cc2)cs1)c1ccccc1F. The van der Waals surface area contributed by atoms with Gasteiger partial charge in [0.2, 0.25) is 11.8 Å². The van der Waals surface area contributed by atoms with Crippen molar-refractivity contribution in [2.24, 2.45) is 0 Å². The van der Waals surface area contributed by atoms with Gasteiger partial charge >= 0.3 is 0 Å². The fourth-order valence-electron chi connectivity index (χ4n) is 3.60. The summed E-state index contributed by atoms with van der Waals surface area (Å²) in [4.78, 5) is 30.2. The van der Waals surface area contributed by atoms with E-state index in [1.165, 1.54) is 41.4 Å². The molecule has 0 saturated carbocycles. The Morgan fingerprint density at radius 3 is 2.31 bits per heavy atom. The molecule has 1 N–H and O–H groups in total. The first-order valence-corrected chi connectivity index (χ1v) is 11.9. The van der Waals surface area contributed by atoms with Gasteiger partial charge in [0, 0.05) is 18.4 Å². The van der Waals surface area contributed by atoms with Crippen molar-refractivity contribution in [1.82, 2.24) is 10.3 Å². The summed E-state index contributed by atoms with van der Waals surface area (Å²) < 4.78 is 14.2. The summed E-state index contributed by atoms with van der Waals surface area (Å²) in [6, 6.07) is 24.0. The maximum absolute atomic E-state index is 14.2. The Bertz CT molecular complexity index is 1350. The van der Waals surface area contributed by atoms with Crippen molar-refractivity contribution in [2.75, 3.05) is 4.90 Å². The fourth-order valence-corrected chi connectivity index (χ4v) is 4.44. The maximum atomic E-state index is 14.2. The highest BCUT2D eigenvalue weighted by Crippen LogP contribution is 2.31. The number of rotatable bonds is 7. The van der Waals surface area contributed by atoms with Crippen LogP contribution < -0.4 is 10.2 Å². The first-order chi connectivity index (χ1) is 16.9. The number of hydrogen-bond acceptors (Lipinski definition) is 4. The molecule has 35 heavy (non-hydrogen) atoms. The van der Waals surface area contributed by atoms with Crippen LogP contribution in [0.15, 0.2) is 90.3 Å². The third-order valence-electron chi connectivity index (χ3n) is 5.39. The number of amides is 2. The van der Waals surface area contributed by atoms with Crippen LogP contribution in [0.25, 0.3) is 17.2 Å². The van der Waals surface area contributed by atoms with Crippen LogP contribution in [0, 0.1) is 5.82 Å². The fraction of sp³-hybridized carbons (Fsp3) is 0.107. The van der Waals surface area contributed by atoms with Gasteiger partial charge in [-0.15, -0.1) is 11.3 Å². The third kappa shape index (κ3) is 5.88. The quantitative estimate of drug-likeness (QED) is 0.303. The number of benzene rings is 3. The van der Waals surface area contributed by atoms with Crippen LogP contribution in [0.5, 0.6) is 0 Å². The second-order valence-corrected chi connectivity index (χ2v) is 8.75. The molecule has 0 aliphatic carbocycles. The minimum Gasteiger partial charge on any atom is -0.346 e. The zero-order chi connectivity index (χ0) is 24.8. The summed E-state index contributed by atoms with van der Waals surface area (Å²) in [7, 11) is 0. The molecular formula is C28H24FN3O2S. The molecule has 1 aromatic heterocycles. The molecule has 0 bridgehead atoms. The van der Waals surface area contributed by atoms with Gasteiger partial charge in [-0.2, -0.15) is 0 Å². The van der Waals surface area contributed by atoms with Crippen LogP contribution >= 0.6 is 11.3 Å². The molecule has 176 valence electrons. The van der Waals surface area contributed by atoms with Crippen LogP contribution in [-0.2, 0) is 9.59 Å². The second kappa shape index (κ2) is 10.9. The molecule has 1 unspecified atom stereocenters. The van der Waals surface area contributed by atoms with E-state index in [2.05, 4.69) is 22.4 Å². The zero-order valence-corrected chi connectivity index (χ0v) is 20.1. The van der Waals surface area contributed by atoms with E-state index in [-0.39, 0.29) is 23.5 Å². The molecule has 7 heteroatoms. The van der Waals surface area contributed by atoms with Gasteiger partial charge in [-0.25, -0.2) is 9.37 Å². The van der Waals surface area contributed by atoms with Gasteiger partial charge in [0.15, 0.2) is 5.13 Å². The molecular weight excluding hydrogens is 461 g/mol. The molecule has 4 rings (SSSR count). The maximum Gasteiger partial charge on any atom is 0.244 e. The van der Waals surface area contributed by atoms with Crippen LogP contribution in [0.3, 0.4) is 0 Å². The zero-order valence-electron chi connectivity index (χ0n) is 19.3. The Morgan fingerprint density at radius 2 is 1.63 bits per heavy atom. The van der Waals surface area contributed by atoms with Gasteiger partial charge < -0.3 is 5.32 Å². The van der Waals surface area contributed by atoms with Crippen molar-refractivity contribution < 1.29 is 14.0 Å². The summed E-state index contributed by atoms with van der Waals surface area (Å²) in [5.41, 5.74) is 3.88. The number of hydrogen-bond donors (Lipinski definition) is 1. The van der Waals surface area contributed by atoms with Gasteiger partial charge in [0.1, 0.15) is 5.82 Å². The van der Waals surface area contributed by atoms with Crippen LogP contribution in [0.1, 0.15) is 31.1 Å². The highest BCUT2D eigenvalue weighted by Gasteiger charge is 2.20. The Hall–Kier alpha value is -4.10. The molecule has 5 nitrogen and oxygen atoms in total. The van der Waals surface area contributed by atoms with E-state index in [0.29, 0.717) is 10.8 Å². The number of para-hydroxylation sites is 1. The number of nitrogens with zero attached hydrogens (tertiary/aromatic N) is 2. The lowest BCUT2D eigenvalue weighted by molar-refractivity contribution is -0.117. The summed E-state index contributed by atoms with van der Waals surface area (Å²) in [5, 5.41) is 4.98. The van der Waals surface area contributed by atoms with Crippen molar-refractivity contribution in [2.45, 2.75) is 19.9 Å². The van der Waals surface area contributed by atoms with Crippen molar-refractivity contribution in [3.63, 3.8) is 0 Å². The lowest BCUT2D eigenvalue weighted by Gasteiger charge is -2.18. The second-order valence-electron chi connectivity index (χ2n) is 7.91. The highest BCUT2D eigenvalue weighted by atomic mass is 32.1.